The fraction of sp³-hybridized carbons (Fsp3) is 0.130. The van der Waals surface area contributed by atoms with E-state index in [1.54, 1.807) is 12.1 Å². The first kappa shape index (κ1) is 18.3. The summed E-state index contributed by atoms with van der Waals surface area (Å²) in [4.78, 5) is 11.7. The standard InChI is InChI=1S/C23H20N2O2S/c1-17-6-8-19(9-7-17)16-28-23-15-24(22-5-3-2-4-21(22)23)14-18-10-12-20(13-11-18)25(26)27/h2-13,15H,14,16H2,1H3. The molecule has 0 radical (unpaired) electrons. The highest BCUT2D eigenvalue weighted by atomic mass is 32.2. The molecular formula is C23H20N2O2S. The molecule has 1 heterocycles. The SMILES string of the molecule is Cc1ccc(CSc2cn(Cc3ccc([N+](=O)[O-])cc3)c3ccccc23)cc1. The zero-order chi connectivity index (χ0) is 19.5. The van der Waals surface area contributed by atoms with Crippen molar-refractivity contribution in [1.82, 2.24) is 4.57 Å². The summed E-state index contributed by atoms with van der Waals surface area (Å²) in [7, 11) is 0. The second-order valence-electron chi connectivity index (χ2n) is 6.84. The van der Waals surface area contributed by atoms with E-state index in [-0.39, 0.29) is 10.6 Å². The van der Waals surface area contributed by atoms with Gasteiger partial charge in [-0.1, -0.05) is 60.2 Å². The van der Waals surface area contributed by atoms with Gasteiger partial charge in [-0.15, -0.1) is 11.8 Å². The summed E-state index contributed by atoms with van der Waals surface area (Å²) >= 11 is 1.84. The lowest BCUT2D eigenvalue weighted by Gasteiger charge is -2.05. The van der Waals surface area contributed by atoms with Gasteiger partial charge in [-0.05, 0) is 24.1 Å². The first-order chi connectivity index (χ1) is 13.6. The van der Waals surface area contributed by atoms with Crippen LogP contribution in [0.3, 0.4) is 0 Å². The average Bonchev–Trinajstić information content (AvgIpc) is 3.06. The molecule has 0 aliphatic heterocycles. The van der Waals surface area contributed by atoms with Crippen molar-refractivity contribution in [2.75, 3.05) is 0 Å². The van der Waals surface area contributed by atoms with Crippen molar-refractivity contribution in [2.45, 2.75) is 24.1 Å². The fourth-order valence-corrected chi connectivity index (χ4v) is 4.27. The third-order valence-corrected chi connectivity index (χ3v) is 5.88. The van der Waals surface area contributed by atoms with Gasteiger partial charge in [0.05, 0.1) is 4.92 Å². The minimum absolute atomic E-state index is 0.121. The van der Waals surface area contributed by atoms with E-state index in [9.17, 15) is 10.1 Å². The van der Waals surface area contributed by atoms with Crippen LogP contribution < -0.4 is 0 Å². The second-order valence-corrected chi connectivity index (χ2v) is 7.85. The van der Waals surface area contributed by atoms with Crippen molar-refractivity contribution in [3.63, 3.8) is 0 Å². The molecule has 0 atom stereocenters. The van der Waals surface area contributed by atoms with Crippen molar-refractivity contribution in [3.8, 4) is 0 Å². The number of nitro groups is 1. The maximum absolute atomic E-state index is 10.9. The van der Waals surface area contributed by atoms with Crippen molar-refractivity contribution in [3.05, 3.63) is 106 Å². The number of aryl methyl sites for hydroxylation is 1. The number of benzene rings is 3. The van der Waals surface area contributed by atoms with E-state index in [4.69, 9.17) is 0 Å². The van der Waals surface area contributed by atoms with Gasteiger partial charge < -0.3 is 4.57 Å². The molecule has 0 unspecified atom stereocenters. The molecule has 0 fully saturated rings. The van der Waals surface area contributed by atoms with Crippen LogP contribution in [-0.4, -0.2) is 9.49 Å². The van der Waals surface area contributed by atoms with Crippen LogP contribution in [-0.2, 0) is 12.3 Å². The highest BCUT2D eigenvalue weighted by Gasteiger charge is 2.10. The van der Waals surface area contributed by atoms with E-state index in [2.05, 4.69) is 60.2 Å². The van der Waals surface area contributed by atoms with E-state index >= 15 is 0 Å². The molecule has 5 heteroatoms. The number of thioether (sulfide) groups is 1. The van der Waals surface area contributed by atoms with Gasteiger partial charge in [-0.2, -0.15) is 0 Å². The van der Waals surface area contributed by atoms with Gasteiger partial charge in [0.2, 0.25) is 0 Å². The number of hydrogen-bond acceptors (Lipinski definition) is 3. The maximum Gasteiger partial charge on any atom is 0.269 e. The molecule has 28 heavy (non-hydrogen) atoms. The summed E-state index contributed by atoms with van der Waals surface area (Å²) < 4.78 is 2.22. The van der Waals surface area contributed by atoms with E-state index < -0.39 is 0 Å². The van der Waals surface area contributed by atoms with Crippen LogP contribution in [0, 0.1) is 17.0 Å². The number of nitrogens with zero attached hydrogens (tertiary/aromatic N) is 2. The summed E-state index contributed by atoms with van der Waals surface area (Å²) in [5, 5.41) is 12.1. The van der Waals surface area contributed by atoms with Crippen LogP contribution in [0.25, 0.3) is 10.9 Å². The molecule has 0 amide bonds. The van der Waals surface area contributed by atoms with Crippen molar-refractivity contribution in [1.29, 1.82) is 0 Å². The predicted molar refractivity (Wildman–Crippen MR) is 115 cm³/mol. The molecule has 0 aliphatic rings. The summed E-state index contributed by atoms with van der Waals surface area (Å²) in [6, 6.07) is 23.8. The van der Waals surface area contributed by atoms with Crippen LogP contribution in [0.5, 0.6) is 0 Å². The van der Waals surface area contributed by atoms with Crippen molar-refractivity contribution in [2.24, 2.45) is 0 Å². The number of para-hydroxylation sites is 1. The normalized spacial score (nSPS) is 11.0. The van der Waals surface area contributed by atoms with E-state index in [0.717, 1.165) is 11.3 Å². The summed E-state index contributed by atoms with van der Waals surface area (Å²) in [5.41, 5.74) is 4.92. The monoisotopic (exact) mass is 388 g/mol. The Labute approximate surface area is 168 Å². The van der Waals surface area contributed by atoms with Gasteiger partial charge in [-0.3, -0.25) is 10.1 Å². The lowest BCUT2D eigenvalue weighted by molar-refractivity contribution is -0.384. The quantitative estimate of drug-likeness (QED) is 0.224. The highest BCUT2D eigenvalue weighted by molar-refractivity contribution is 7.98. The topological polar surface area (TPSA) is 48.1 Å². The third-order valence-electron chi connectivity index (χ3n) is 4.77. The second kappa shape index (κ2) is 7.90. The zero-order valence-electron chi connectivity index (χ0n) is 15.5. The van der Waals surface area contributed by atoms with Gasteiger partial charge in [-0.25, -0.2) is 0 Å². The Morgan fingerprint density at radius 1 is 0.929 bits per heavy atom. The summed E-state index contributed by atoms with van der Waals surface area (Å²) in [5.74, 6) is 0.922. The number of hydrogen-bond donors (Lipinski definition) is 0. The van der Waals surface area contributed by atoms with Crippen LogP contribution in [0.4, 0.5) is 5.69 Å². The largest absolute Gasteiger partial charge is 0.342 e. The molecule has 0 spiro atoms. The molecule has 4 rings (SSSR count). The molecule has 0 N–H and O–H groups in total. The molecule has 0 bridgehead atoms. The highest BCUT2D eigenvalue weighted by Crippen LogP contribution is 2.32. The maximum atomic E-state index is 10.9. The number of fused-ring (bicyclic) bond motifs is 1. The number of aromatic nitrogens is 1. The Morgan fingerprint density at radius 3 is 2.32 bits per heavy atom. The Morgan fingerprint density at radius 2 is 1.61 bits per heavy atom. The molecule has 0 aliphatic carbocycles. The fourth-order valence-electron chi connectivity index (χ4n) is 3.22. The molecule has 4 aromatic rings. The van der Waals surface area contributed by atoms with Gasteiger partial charge in [0.25, 0.3) is 5.69 Å². The zero-order valence-corrected chi connectivity index (χ0v) is 16.4. The number of rotatable bonds is 6. The lowest BCUT2D eigenvalue weighted by Crippen LogP contribution is -1.98. The van der Waals surface area contributed by atoms with E-state index in [1.807, 2.05) is 30.0 Å². The first-order valence-electron chi connectivity index (χ1n) is 9.10. The molecule has 0 saturated heterocycles. The van der Waals surface area contributed by atoms with Gasteiger partial charge in [0.15, 0.2) is 0 Å². The van der Waals surface area contributed by atoms with Crippen LogP contribution in [0.15, 0.2) is 83.9 Å². The van der Waals surface area contributed by atoms with Gasteiger partial charge in [0, 0.05) is 46.4 Å². The summed E-state index contributed by atoms with van der Waals surface area (Å²) in [6.45, 7) is 2.78. The Balaban J connectivity index is 1.58. The van der Waals surface area contributed by atoms with Gasteiger partial charge >= 0.3 is 0 Å². The Kier molecular flexibility index (Phi) is 5.17. The van der Waals surface area contributed by atoms with Crippen LogP contribution in [0.2, 0.25) is 0 Å². The molecule has 1 aromatic heterocycles. The van der Waals surface area contributed by atoms with Crippen molar-refractivity contribution >= 4 is 28.4 Å². The van der Waals surface area contributed by atoms with Crippen LogP contribution in [0.1, 0.15) is 16.7 Å². The van der Waals surface area contributed by atoms with Crippen molar-refractivity contribution < 1.29 is 4.92 Å². The minimum atomic E-state index is -0.366. The Hall–Kier alpha value is -3.05. The number of nitro benzene ring substituents is 1. The smallest absolute Gasteiger partial charge is 0.269 e. The molecule has 0 saturated carbocycles. The molecule has 3 aromatic carbocycles. The average molecular weight is 388 g/mol. The predicted octanol–water partition coefficient (Wildman–Crippen LogP) is 6.20. The number of non-ortho nitro benzene ring substituents is 1. The third kappa shape index (κ3) is 3.94. The summed E-state index contributed by atoms with van der Waals surface area (Å²) in [6.07, 6.45) is 2.19. The van der Waals surface area contributed by atoms with Crippen LogP contribution >= 0.6 is 11.8 Å². The minimum Gasteiger partial charge on any atom is -0.342 e. The van der Waals surface area contributed by atoms with E-state index in [0.29, 0.717) is 6.54 Å². The molecule has 140 valence electrons. The molecule has 4 nitrogen and oxygen atoms in total. The van der Waals surface area contributed by atoms with Gasteiger partial charge in [0.1, 0.15) is 0 Å². The van der Waals surface area contributed by atoms with E-state index in [1.165, 1.54) is 26.9 Å². The Bertz CT molecular complexity index is 1120. The molecular weight excluding hydrogens is 368 g/mol. The lowest BCUT2D eigenvalue weighted by atomic mass is 10.2. The first-order valence-corrected chi connectivity index (χ1v) is 10.1.